The minimum Gasteiger partial charge on any atom is -0.504 e. The summed E-state index contributed by atoms with van der Waals surface area (Å²) in [7, 11) is 0. The lowest BCUT2D eigenvalue weighted by Gasteiger charge is -2.15. The molecule has 0 atom stereocenters. The van der Waals surface area contributed by atoms with Crippen molar-refractivity contribution in [2.75, 3.05) is 0 Å². The van der Waals surface area contributed by atoms with Gasteiger partial charge >= 0.3 is 0 Å². The molecule has 3 nitrogen and oxygen atoms in total. The summed E-state index contributed by atoms with van der Waals surface area (Å²) in [6, 6.07) is 6.13. The van der Waals surface area contributed by atoms with E-state index in [4.69, 9.17) is 27.9 Å². The van der Waals surface area contributed by atoms with Gasteiger partial charge in [0.1, 0.15) is 0 Å². The molecule has 0 unspecified atom stereocenters. The number of fused-ring (bicyclic) bond motifs is 1. The molecule has 2 N–H and O–H groups in total. The lowest BCUT2D eigenvalue weighted by atomic mass is 9.97. The van der Waals surface area contributed by atoms with Gasteiger partial charge in [-0.25, -0.2) is 0 Å². The molecule has 0 spiro atoms. The molecule has 0 bridgehead atoms. The van der Waals surface area contributed by atoms with E-state index in [9.17, 15) is 10.2 Å². The van der Waals surface area contributed by atoms with Crippen molar-refractivity contribution in [3.63, 3.8) is 0 Å². The standard InChI is InChI=1S/C16H12Cl2O3/c17-11-7-14(20)16(8-12(11)18)21-15-6-10-4-2-1-3-9(10)5-13(15)19/h2,4-8,19-20H,1,3H2. The van der Waals surface area contributed by atoms with E-state index in [1.807, 2.05) is 6.08 Å². The molecule has 0 amide bonds. The molecule has 0 heterocycles. The van der Waals surface area contributed by atoms with Crippen LogP contribution >= 0.6 is 23.2 Å². The number of ether oxygens (including phenoxy) is 1. The first-order valence-electron chi connectivity index (χ1n) is 6.43. The molecule has 0 aliphatic heterocycles. The second kappa shape index (κ2) is 5.51. The zero-order valence-corrected chi connectivity index (χ0v) is 12.4. The van der Waals surface area contributed by atoms with E-state index in [-0.39, 0.29) is 33.0 Å². The number of allylic oxidation sites excluding steroid dienone is 1. The highest BCUT2D eigenvalue weighted by atomic mass is 35.5. The average molecular weight is 323 g/mol. The summed E-state index contributed by atoms with van der Waals surface area (Å²) in [5, 5.41) is 20.4. The van der Waals surface area contributed by atoms with Crippen molar-refractivity contribution < 1.29 is 14.9 Å². The Balaban J connectivity index is 1.99. The Hall–Kier alpha value is -1.84. The molecule has 0 saturated carbocycles. The number of hydrogen-bond donors (Lipinski definition) is 2. The fourth-order valence-corrected chi connectivity index (χ4v) is 2.56. The first-order chi connectivity index (χ1) is 10.0. The molecule has 1 aliphatic carbocycles. The first-order valence-corrected chi connectivity index (χ1v) is 7.18. The zero-order valence-electron chi connectivity index (χ0n) is 10.9. The third-order valence-corrected chi connectivity index (χ3v) is 4.04. The third kappa shape index (κ3) is 2.80. The second-order valence-corrected chi connectivity index (χ2v) is 5.61. The molecule has 0 radical (unpaired) electrons. The van der Waals surface area contributed by atoms with Crippen molar-refractivity contribution in [1.82, 2.24) is 0 Å². The van der Waals surface area contributed by atoms with E-state index in [1.165, 1.54) is 12.1 Å². The van der Waals surface area contributed by atoms with Gasteiger partial charge in [-0.3, -0.25) is 0 Å². The van der Waals surface area contributed by atoms with Crippen molar-refractivity contribution >= 4 is 29.3 Å². The predicted molar refractivity (Wildman–Crippen MR) is 83.7 cm³/mol. The van der Waals surface area contributed by atoms with Gasteiger partial charge in [-0.1, -0.05) is 35.4 Å². The van der Waals surface area contributed by atoms with Crippen LogP contribution in [0.25, 0.3) is 6.08 Å². The molecule has 1 aliphatic rings. The predicted octanol–water partition coefficient (Wildman–Crippen LogP) is 5.16. The van der Waals surface area contributed by atoms with Gasteiger partial charge in [0, 0.05) is 12.1 Å². The van der Waals surface area contributed by atoms with Gasteiger partial charge in [0.15, 0.2) is 23.0 Å². The molecule has 0 fully saturated rings. The van der Waals surface area contributed by atoms with Crippen LogP contribution in [-0.4, -0.2) is 10.2 Å². The summed E-state index contributed by atoms with van der Waals surface area (Å²) in [4.78, 5) is 0. The van der Waals surface area contributed by atoms with Crippen LogP contribution < -0.4 is 4.74 Å². The van der Waals surface area contributed by atoms with Crippen LogP contribution in [-0.2, 0) is 6.42 Å². The fourth-order valence-electron chi connectivity index (χ4n) is 2.25. The molecule has 2 aromatic rings. The quantitative estimate of drug-likeness (QED) is 0.803. The van der Waals surface area contributed by atoms with E-state index in [2.05, 4.69) is 6.08 Å². The number of halogens is 2. The van der Waals surface area contributed by atoms with Crippen LogP contribution in [0.4, 0.5) is 0 Å². The summed E-state index contributed by atoms with van der Waals surface area (Å²) in [6.07, 6.45) is 5.90. The highest BCUT2D eigenvalue weighted by Gasteiger charge is 2.14. The SMILES string of the molecule is Oc1cc(Cl)c(Cl)cc1Oc1cc2c(cc1O)CCC=C2. The van der Waals surface area contributed by atoms with E-state index >= 15 is 0 Å². The maximum atomic E-state index is 10.1. The number of aromatic hydroxyl groups is 2. The Morgan fingerprint density at radius 1 is 0.905 bits per heavy atom. The van der Waals surface area contributed by atoms with Gasteiger partial charge in [-0.2, -0.15) is 0 Å². The van der Waals surface area contributed by atoms with Crippen LogP contribution in [0.1, 0.15) is 17.5 Å². The lowest BCUT2D eigenvalue weighted by Crippen LogP contribution is -1.95. The van der Waals surface area contributed by atoms with E-state index in [0.717, 1.165) is 24.0 Å². The lowest BCUT2D eigenvalue weighted by molar-refractivity contribution is 0.385. The molecule has 2 aromatic carbocycles. The molecular weight excluding hydrogens is 311 g/mol. The number of hydrogen-bond acceptors (Lipinski definition) is 3. The Morgan fingerprint density at radius 3 is 2.38 bits per heavy atom. The average Bonchev–Trinajstić information content (AvgIpc) is 2.45. The maximum Gasteiger partial charge on any atom is 0.170 e. The van der Waals surface area contributed by atoms with Crippen LogP contribution in [0.5, 0.6) is 23.0 Å². The molecule has 5 heteroatoms. The maximum absolute atomic E-state index is 10.1. The Labute approximate surface area is 132 Å². The molecular formula is C16H12Cl2O3. The highest BCUT2D eigenvalue weighted by molar-refractivity contribution is 6.42. The van der Waals surface area contributed by atoms with Gasteiger partial charge in [-0.05, 0) is 36.1 Å². The van der Waals surface area contributed by atoms with Gasteiger partial charge in [0.25, 0.3) is 0 Å². The van der Waals surface area contributed by atoms with Crippen LogP contribution in [0.15, 0.2) is 30.3 Å². The first kappa shape index (κ1) is 14.1. The Bertz CT molecular complexity index is 739. The van der Waals surface area contributed by atoms with Gasteiger partial charge in [0.2, 0.25) is 0 Å². The van der Waals surface area contributed by atoms with E-state index in [0.29, 0.717) is 0 Å². The van der Waals surface area contributed by atoms with Gasteiger partial charge in [0.05, 0.1) is 10.0 Å². The minimum atomic E-state index is -0.142. The monoisotopic (exact) mass is 322 g/mol. The van der Waals surface area contributed by atoms with Crippen LogP contribution in [0.2, 0.25) is 10.0 Å². The molecule has 0 saturated heterocycles. The highest BCUT2D eigenvalue weighted by Crippen LogP contribution is 2.41. The van der Waals surface area contributed by atoms with Crippen molar-refractivity contribution in [2.45, 2.75) is 12.8 Å². The summed E-state index contributed by atoms with van der Waals surface area (Å²) < 4.78 is 5.56. The van der Waals surface area contributed by atoms with Crippen molar-refractivity contribution in [1.29, 1.82) is 0 Å². The van der Waals surface area contributed by atoms with Gasteiger partial charge < -0.3 is 14.9 Å². The number of phenolic OH excluding ortho intramolecular Hbond substituents is 2. The van der Waals surface area contributed by atoms with E-state index in [1.54, 1.807) is 12.1 Å². The number of phenols is 2. The molecule has 3 rings (SSSR count). The number of rotatable bonds is 2. The smallest absolute Gasteiger partial charge is 0.170 e. The minimum absolute atomic E-state index is 0.0227. The zero-order chi connectivity index (χ0) is 15.0. The van der Waals surface area contributed by atoms with E-state index < -0.39 is 0 Å². The Kier molecular flexibility index (Phi) is 3.70. The summed E-state index contributed by atoms with van der Waals surface area (Å²) in [6.45, 7) is 0. The molecule has 0 aromatic heterocycles. The summed E-state index contributed by atoms with van der Waals surface area (Å²) >= 11 is 11.7. The van der Waals surface area contributed by atoms with Gasteiger partial charge in [-0.15, -0.1) is 0 Å². The molecule has 108 valence electrons. The largest absolute Gasteiger partial charge is 0.504 e. The topological polar surface area (TPSA) is 49.7 Å². The molecule has 21 heavy (non-hydrogen) atoms. The van der Waals surface area contributed by atoms with Crippen LogP contribution in [0.3, 0.4) is 0 Å². The summed E-state index contributed by atoms with van der Waals surface area (Å²) in [5.74, 6) is 0.278. The van der Waals surface area contributed by atoms with Crippen LogP contribution in [0, 0.1) is 0 Å². The van der Waals surface area contributed by atoms with Crippen molar-refractivity contribution in [3.8, 4) is 23.0 Å². The Morgan fingerprint density at radius 2 is 1.57 bits per heavy atom. The summed E-state index contributed by atoms with van der Waals surface area (Å²) in [5.41, 5.74) is 2.06. The fraction of sp³-hybridized carbons (Fsp3) is 0.125. The number of benzene rings is 2. The second-order valence-electron chi connectivity index (χ2n) is 4.80. The number of aryl methyl sites for hydroxylation is 1. The normalized spacial score (nSPS) is 13.0. The van der Waals surface area contributed by atoms with Crippen molar-refractivity contribution in [3.05, 3.63) is 51.5 Å². The third-order valence-electron chi connectivity index (χ3n) is 3.32. The van der Waals surface area contributed by atoms with Crippen molar-refractivity contribution in [2.24, 2.45) is 0 Å².